The van der Waals surface area contributed by atoms with Gasteiger partial charge in [0.15, 0.2) is 0 Å². The number of piperidine rings is 1. The lowest BCUT2D eigenvalue weighted by molar-refractivity contribution is -0.126. The first-order valence-electron chi connectivity index (χ1n) is 7.36. The number of nitrogens with zero attached hydrogens (tertiary/aromatic N) is 1. The summed E-state index contributed by atoms with van der Waals surface area (Å²) in [4.78, 5) is 14.4. The van der Waals surface area contributed by atoms with Crippen molar-refractivity contribution in [1.82, 2.24) is 4.90 Å². The van der Waals surface area contributed by atoms with Gasteiger partial charge in [0.05, 0.1) is 0 Å². The summed E-state index contributed by atoms with van der Waals surface area (Å²) in [5, 5.41) is 0. The van der Waals surface area contributed by atoms with Crippen LogP contribution in [0.5, 0.6) is 0 Å². The smallest absolute Gasteiger partial charge is 0.139 e. The first kappa shape index (κ1) is 15.7. The number of Topliss-reactive ketones (excluding diaryl/α,β-unsaturated/α-hetero) is 1. The van der Waals surface area contributed by atoms with Gasteiger partial charge < -0.3 is 4.90 Å². The number of rotatable bonds is 3. The lowest BCUT2D eigenvalue weighted by atomic mass is 9.75. The van der Waals surface area contributed by atoms with E-state index in [2.05, 4.69) is 25.7 Å². The van der Waals surface area contributed by atoms with Crippen LogP contribution in [0.15, 0.2) is 0 Å². The lowest BCUT2D eigenvalue weighted by Gasteiger charge is -2.38. The van der Waals surface area contributed by atoms with Gasteiger partial charge in [-0.05, 0) is 37.3 Å². The van der Waals surface area contributed by atoms with Crippen LogP contribution < -0.4 is 0 Å². The van der Waals surface area contributed by atoms with E-state index in [4.69, 9.17) is 0 Å². The van der Waals surface area contributed by atoms with Crippen molar-refractivity contribution < 1.29 is 4.79 Å². The molecule has 0 N–H and O–H groups in total. The molecule has 0 aliphatic carbocycles. The molecule has 1 fully saturated rings. The Morgan fingerprint density at radius 1 is 1.06 bits per heavy atom. The van der Waals surface area contributed by atoms with E-state index in [1.807, 2.05) is 20.8 Å². The van der Waals surface area contributed by atoms with Gasteiger partial charge in [-0.25, -0.2) is 0 Å². The predicted molar refractivity (Wildman–Crippen MR) is 77.7 cm³/mol. The number of ketones is 1. The zero-order valence-electron chi connectivity index (χ0n) is 13.2. The Morgan fingerprint density at radius 2 is 1.56 bits per heavy atom. The second kappa shape index (κ2) is 5.73. The minimum absolute atomic E-state index is 0.177. The SMILES string of the molecule is CC(C)(C)C(=O)CCN1CCC(C(C)(C)C)CC1. The van der Waals surface area contributed by atoms with E-state index in [-0.39, 0.29) is 5.41 Å². The Kier molecular flexibility index (Phi) is 4.99. The van der Waals surface area contributed by atoms with Crippen molar-refractivity contribution in [2.75, 3.05) is 19.6 Å². The maximum absolute atomic E-state index is 11.9. The number of likely N-dealkylation sites (tertiary alicyclic amines) is 1. The Bertz CT molecular complexity index is 274. The fourth-order valence-corrected chi connectivity index (χ4v) is 2.66. The highest BCUT2D eigenvalue weighted by molar-refractivity contribution is 5.83. The van der Waals surface area contributed by atoms with Gasteiger partial charge in [0.2, 0.25) is 0 Å². The molecule has 0 bridgehead atoms. The van der Waals surface area contributed by atoms with E-state index in [9.17, 15) is 4.79 Å². The van der Waals surface area contributed by atoms with Crippen LogP contribution in [0.25, 0.3) is 0 Å². The van der Waals surface area contributed by atoms with Crippen LogP contribution in [0.4, 0.5) is 0 Å². The molecule has 106 valence electrons. The molecule has 2 nitrogen and oxygen atoms in total. The third-order valence-electron chi connectivity index (χ3n) is 4.30. The highest BCUT2D eigenvalue weighted by Gasteiger charge is 2.29. The molecule has 0 aromatic heterocycles. The highest BCUT2D eigenvalue weighted by Crippen LogP contribution is 2.34. The Balaban J connectivity index is 2.31. The van der Waals surface area contributed by atoms with Crippen molar-refractivity contribution in [3.8, 4) is 0 Å². The molecule has 1 aliphatic heterocycles. The molecule has 1 heterocycles. The van der Waals surface area contributed by atoms with Crippen molar-refractivity contribution >= 4 is 5.78 Å². The summed E-state index contributed by atoms with van der Waals surface area (Å²) in [6.07, 6.45) is 3.28. The number of hydrogen-bond acceptors (Lipinski definition) is 2. The first-order chi connectivity index (χ1) is 8.10. The average Bonchev–Trinajstić information content (AvgIpc) is 2.24. The van der Waals surface area contributed by atoms with Gasteiger partial charge in [-0.1, -0.05) is 41.5 Å². The molecule has 1 rings (SSSR count). The summed E-state index contributed by atoms with van der Waals surface area (Å²) in [5.74, 6) is 1.23. The molecule has 0 saturated carbocycles. The fourth-order valence-electron chi connectivity index (χ4n) is 2.66. The van der Waals surface area contributed by atoms with E-state index in [0.29, 0.717) is 17.6 Å². The van der Waals surface area contributed by atoms with Crippen LogP contribution in [0.3, 0.4) is 0 Å². The van der Waals surface area contributed by atoms with Gasteiger partial charge in [-0.15, -0.1) is 0 Å². The van der Waals surface area contributed by atoms with Gasteiger partial charge in [0.1, 0.15) is 5.78 Å². The third-order valence-corrected chi connectivity index (χ3v) is 4.30. The summed E-state index contributed by atoms with van der Waals surface area (Å²) >= 11 is 0. The van der Waals surface area contributed by atoms with Crippen molar-refractivity contribution in [3.63, 3.8) is 0 Å². The molecule has 0 radical (unpaired) electrons. The van der Waals surface area contributed by atoms with Gasteiger partial charge in [-0.2, -0.15) is 0 Å². The molecule has 1 saturated heterocycles. The van der Waals surface area contributed by atoms with Crippen molar-refractivity contribution in [3.05, 3.63) is 0 Å². The van der Waals surface area contributed by atoms with Crippen LogP contribution in [-0.2, 0) is 4.79 Å². The molecule has 0 atom stereocenters. The van der Waals surface area contributed by atoms with Gasteiger partial charge in [0, 0.05) is 18.4 Å². The summed E-state index contributed by atoms with van der Waals surface area (Å²) < 4.78 is 0. The second-order valence-corrected chi connectivity index (χ2v) is 7.91. The fraction of sp³-hybridized carbons (Fsp3) is 0.938. The first-order valence-corrected chi connectivity index (χ1v) is 7.36. The van der Waals surface area contributed by atoms with Gasteiger partial charge in [0.25, 0.3) is 0 Å². The molecular formula is C16H31NO. The molecule has 0 aromatic rings. The van der Waals surface area contributed by atoms with E-state index >= 15 is 0 Å². The number of hydrogen-bond donors (Lipinski definition) is 0. The third kappa shape index (κ3) is 4.72. The summed E-state index contributed by atoms with van der Waals surface area (Å²) in [6, 6.07) is 0. The number of carbonyl (C=O) groups excluding carboxylic acids is 1. The maximum Gasteiger partial charge on any atom is 0.139 e. The molecule has 0 amide bonds. The van der Waals surface area contributed by atoms with Gasteiger partial charge in [-0.3, -0.25) is 4.79 Å². The van der Waals surface area contributed by atoms with Crippen LogP contribution in [0.2, 0.25) is 0 Å². The summed E-state index contributed by atoms with van der Waals surface area (Å²) in [7, 11) is 0. The van der Waals surface area contributed by atoms with E-state index < -0.39 is 0 Å². The van der Waals surface area contributed by atoms with E-state index in [0.717, 1.165) is 12.5 Å². The van der Waals surface area contributed by atoms with Crippen molar-refractivity contribution in [1.29, 1.82) is 0 Å². The quantitative estimate of drug-likeness (QED) is 0.763. The second-order valence-electron chi connectivity index (χ2n) is 7.91. The largest absolute Gasteiger partial charge is 0.303 e. The molecule has 0 spiro atoms. The summed E-state index contributed by atoms with van der Waals surface area (Å²) in [5.41, 5.74) is 0.261. The van der Waals surface area contributed by atoms with Crippen LogP contribution >= 0.6 is 0 Å². The zero-order chi connectivity index (χ0) is 14.0. The summed E-state index contributed by atoms with van der Waals surface area (Å²) in [6.45, 7) is 16.4. The minimum atomic E-state index is -0.177. The molecular weight excluding hydrogens is 222 g/mol. The molecule has 2 heteroatoms. The number of carbonyl (C=O) groups is 1. The van der Waals surface area contributed by atoms with Crippen molar-refractivity contribution in [2.45, 2.75) is 60.8 Å². The molecule has 1 aliphatic rings. The zero-order valence-corrected chi connectivity index (χ0v) is 13.2. The van der Waals surface area contributed by atoms with Gasteiger partial charge >= 0.3 is 0 Å². The lowest BCUT2D eigenvalue weighted by Crippen LogP contribution is -2.39. The topological polar surface area (TPSA) is 20.3 Å². The Morgan fingerprint density at radius 3 is 1.94 bits per heavy atom. The maximum atomic E-state index is 11.9. The molecule has 18 heavy (non-hydrogen) atoms. The monoisotopic (exact) mass is 253 g/mol. The van der Waals surface area contributed by atoms with Crippen LogP contribution in [-0.4, -0.2) is 30.3 Å². The molecule has 0 aromatic carbocycles. The van der Waals surface area contributed by atoms with E-state index in [1.54, 1.807) is 0 Å². The predicted octanol–water partition coefficient (Wildman–Crippen LogP) is 3.75. The Hall–Kier alpha value is -0.370. The Labute approximate surface area is 113 Å². The van der Waals surface area contributed by atoms with Crippen LogP contribution in [0.1, 0.15) is 60.8 Å². The highest BCUT2D eigenvalue weighted by atomic mass is 16.1. The van der Waals surface area contributed by atoms with Crippen molar-refractivity contribution in [2.24, 2.45) is 16.7 Å². The standard InChI is InChI=1S/C16H31NO/c1-15(2,3)13-7-10-17(11-8-13)12-9-14(18)16(4,5)6/h13H,7-12H2,1-6H3. The molecule has 0 unspecified atom stereocenters. The normalized spacial score (nSPS) is 20.1. The average molecular weight is 253 g/mol. The van der Waals surface area contributed by atoms with E-state index in [1.165, 1.54) is 25.9 Å². The van der Waals surface area contributed by atoms with Crippen LogP contribution in [0, 0.1) is 16.7 Å². The minimum Gasteiger partial charge on any atom is -0.303 e.